The number of nitrogens with two attached hydrogens (primary N) is 1. The lowest BCUT2D eigenvalue weighted by molar-refractivity contribution is -0.120. The molecule has 4 nitrogen and oxygen atoms in total. The van der Waals surface area contributed by atoms with Crippen LogP contribution in [-0.2, 0) is 4.79 Å². The second-order valence-electron chi connectivity index (χ2n) is 4.35. The Morgan fingerprint density at radius 3 is 2.73 bits per heavy atom. The monoisotopic (exact) mass is 205 g/mol. The van der Waals surface area contributed by atoms with Gasteiger partial charge >= 0.3 is 0 Å². The van der Waals surface area contributed by atoms with E-state index in [1.807, 2.05) is 37.9 Å². The van der Waals surface area contributed by atoms with Crippen molar-refractivity contribution in [3.8, 4) is 0 Å². The van der Waals surface area contributed by atoms with Gasteiger partial charge < -0.3 is 16.0 Å². The molecule has 0 saturated heterocycles. The summed E-state index contributed by atoms with van der Waals surface area (Å²) in [7, 11) is 1.90. The third-order valence-corrected chi connectivity index (χ3v) is 3.03. The number of hydrogen-bond donors (Lipinski definition) is 2. The predicted octanol–water partition coefficient (Wildman–Crippen LogP) is 1.44. The van der Waals surface area contributed by atoms with E-state index in [4.69, 9.17) is 5.73 Å². The van der Waals surface area contributed by atoms with Gasteiger partial charge in [-0.2, -0.15) is 0 Å². The van der Waals surface area contributed by atoms with Gasteiger partial charge in [0.15, 0.2) is 0 Å². The number of rotatable bonds is 0. The molecule has 15 heavy (non-hydrogen) atoms. The van der Waals surface area contributed by atoms with E-state index in [0.717, 1.165) is 11.4 Å². The second kappa shape index (κ2) is 2.89. The van der Waals surface area contributed by atoms with E-state index < -0.39 is 5.54 Å². The van der Waals surface area contributed by atoms with Crippen molar-refractivity contribution >= 4 is 23.0 Å². The highest BCUT2D eigenvalue weighted by Crippen LogP contribution is 2.36. The van der Waals surface area contributed by atoms with Crippen LogP contribution < -0.4 is 16.0 Å². The highest BCUT2D eigenvalue weighted by molar-refractivity contribution is 6.06. The van der Waals surface area contributed by atoms with Gasteiger partial charge in [-0.05, 0) is 32.0 Å². The van der Waals surface area contributed by atoms with Crippen molar-refractivity contribution in [2.75, 3.05) is 23.0 Å². The molecule has 0 bridgehead atoms. The highest BCUT2D eigenvalue weighted by Gasteiger charge is 2.37. The number of hydrogen-bond acceptors (Lipinski definition) is 3. The molecule has 0 aliphatic carbocycles. The van der Waals surface area contributed by atoms with Crippen molar-refractivity contribution < 1.29 is 4.79 Å². The molecule has 1 amide bonds. The molecule has 0 atom stereocenters. The van der Waals surface area contributed by atoms with Crippen LogP contribution in [0.3, 0.4) is 0 Å². The van der Waals surface area contributed by atoms with E-state index >= 15 is 0 Å². The Morgan fingerprint density at radius 2 is 2.07 bits per heavy atom. The lowest BCUT2D eigenvalue weighted by Crippen LogP contribution is -2.54. The summed E-state index contributed by atoms with van der Waals surface area (Å²) in [6.45, 7) is 3.77. The highest BCUT2D eigenvalue weighted by atomic mass is 16.2. The van der Waals surface area contributed by atoms with Gasteiger partial charge in [0.2, 0.25) is 5.91 Å². The van der Waals surface area contributed by atoms with E-state index in [1.54, 1.807) is 6.07 Å². The van der Waals surface area contributed by atoms with Crippen LogP contribution in [0.2, 0.25) is 0 Å². The minimum Gasteiger partial charge on any atom is -0.399 e. The maximum absolute atomic E-state index is 11.8. The summed E-state index contributed by atoms with van der Waals surface area (Å²) in [6, 6.07) is 5.48. The van der Waals surface area contributed by atoms with E-state index in [2.05, 4.69) is 5.32 Å². The Balaban J connectivity index is 2.57. The Morgan fingerprint density at radius 1 is 1.40 bits per heavy atom. The molecule has 1 aromatic carbocycles. The van der Waals surface area contributed by atoms with Crippen molar-refractivity contribution in [2.24, 2.45) is 0 Å². The lowest BCUT2D eigenvalue weighted by Gasteiger charge is -2.41. The zero-order valence-electron chi connectivity index (χ0n) is 9.16. The first-order valence-electron chi connectivity index (χ1n) is 4.88. The van der Waals surface area contributed by atoms with Gasteiger partial charge in [-0.15, -0.1) is 0 Å². The Kier molecular flexibility index (Phi) is 1.89. The van der Waals surface area contributed by atoms with Crippen LogP contribution in [0.15, 0.2) is 18.2 Å². The zero-order valence-corrected chi connectivity index (χ0v) is 9.16. The fourth-order valence-electron chi connectivity index (χ4n) is 1.66. The summed E-state index contributed by atoms with van der Waals surface area (Å²) in [6.07, 6.45) is 0. The second-order valence-corrected chi connectivity index (χ2v) is 4.35. The van der Waals surface area contributed by atoms with Gasteiger partial charge in [0, 0.05) is 12.7 Å². The first-order valence-corrected chi connectivity index (χ1v) is 4.88. The maximum Gasteiger partial charge on any atom is 0.249 e. The molecule has 3 N–H and O–H groups in total. The van der Waals surface area contributed by atoms with Crippen molar-refractivity contribution in [1.29, 1.82) is 0 Å². The number of amides is 1. The Bertz CT molecular complexity index is 426. The molecule has 1 aliphatic rings. The van der Waals surface area contributed by atoms with Gasteiger partial charge in [0.05, 0.1) is 11.4 Å². The standard InChI is InChI=1S/C11H15N3O/c1-11(2)10(15)13-8-5-4-7(12)6-9(8)14(11)3/h4-6H,12H2,1-3H3,(H,13,15). The quantitative estimate of drug-likeness (QED) is 0.630. The van der Waals surface area contributed by atoms with Crippen LogP contribution in [0.25, 0.3) is 0 Å². The largest absolute Gasteiger partial charge is 0.399 e. The van der Waals surface area contributed by atoms with Gasteiger partial charge in [0.25, 0.3) is 0 Å². The third kappa shape index (κ3) is 1.33. The average molecular weight is 205 g/mol. The molecular formula is C11H15N3O. The number of nitrogen functional groups attached to an aromatic ring is 1. The number of anilines is 3. The molecule has 4 heteroatoms. The third-order valence-electron chi connectivity index (χ3n) is 3.03. The first-order chi connectivity index (χ1) is 6.93. The first kappa shape index (κ1) is 9.83. The summed E-state index contributed by atoms with van der Waals surface area (Å²) in [4.78, 5) is 13.7. The molecule has 0 unspecified atom stereocenters. The van der Waals surface area contributed by atoms with Crippen LogP contribution in [0, 0.1) is 0 Å². The minimum absolute atomic E-state index is 0.00210. The fourth-order valence-corrected chi connectivity index (χ4v) is 1.66. The molecule has 0 saturated carbocycles. The van der Waals surface area contributed by atoms with Crippen molar-refractivity contribution in [1.82, 2.24) is 0 Å². The average Bonchev–Trinajstić information content (AvgIpc) is 2.17. The van der Waals surface area contributed by atoms with Gasteiger partial charge in [-0.1, -0.05) is 0 Å². The molecule has 80 valence electrons. The molecular weight excluding hydrogens is 190 g/mol. The smallest absolute Gasteiger partial charge is 0.249 e. The number of nitrogens with zero attached hydrogens (tertiary/aromatic N) is 1. The maximum atomic E-state index is 11.8. The minimum atomic E-state index is -0.541. The number of carbonyl (C=O) groups is 1. The zero-order chi connectivity index (χ0) is 11.2. The molecule has 0 aromatic heterocycles. The number of carbonyl (C=O) groups excluding carboxylic acids is 1. The number of benzene rings is 1. The summed E-state index contributed by atoms with van der Waals surface area (Å²) in [5.41, 5.74) is 7.66. The molecule has 1 aliphatic heterocycles. The number of likely N-dealkylation sites (N-methyl/N-ethyl adjacent to an activating group) is 1. The van der Waals surface area contributed by atoms with Gasteiger partial charge in [0.1, 0.15) is 5.54 Å². The van der Waals surface area contributed by atoms with Crippen LogP contribution in [0.1, 0.15) is 13.8 Å². The topological polar surface area (TPSA) is 58.4 Å². The normalized spacial score (nSPS) is 18.3. The van der Waals surface area contributed by atoms with E-state index in [-0.39, 0.29) is 5.91 Å². The van der Waals surface area contributed by atoms with Crippen molar-refractivity contribution in [3.63, 3.8) is 0 Å². The van der Waals surface area contributed by atoms with Gasteiger partial charge in [-0.3, -0.25) is 4.79 Å². The molecule has 1 aromatic rings. The van der Waals surface area contributed by atoms with Crippen LogP contribution >= 0.6 is 0 Å². The SMILES string of the molecule is CN1c2cc(N)ccc2NC(=O)C1(C)C. The Hall–Kier alpha value is -1.71. The molecule has 1 heterocycles. The molecule has 0 spiro atoms. The molecule has 0 fully saturated rings. The summed E-state index contributed by atoms with van der Waals surface area (Å²) in [5, 5.41) is 2.87. The molecule has 0 radical (unpaired) electrons. The number of nitrogens with one attached hydrogen (secondary N) is 1. The lowest BCUT2D eigenvalue weighted by atomic mass is 9.97. The van der Waals surface area contributed by atoms with E-state index in [9.17, 15) is 4.79 Å². The van der Waals surface area contributed by atoms with E-state index in [0.29, 0.717) is 5.69 Å². The summed E-state index contributed by atoms with van der Waals surface area (Å²) in [5.74, 6) is 0.00210. The van der Waals surface area contributed by atoms with Crippen molar-refractivity contribution in [3.05, 3.63) is 18.2 Å². The van der Waals surface area contributed by atoms with Crippen LogP contribution in [0.5, 0.6) is 0 Å². The van der Waals surface area contributed by atoms with Gasteiger partial charge in [-0.25, -0.2) is 0 Å². The summed E-state index contributed by atoms with van der Waals surface area (Å²) >= 11 is 0. The van der Waals surface area contributed by atoms with Crippen molar-refractivity contribution in [2.45, 2.75) is 19.4 Å². The Labute approximate surface area is 89.1 Å². The predicted molar refractivity (Wildman–Crippen MR) is 62.0 cm³/mol. The van der Waals surface area contributed by atoms with Crippen LogP contribution in [0.4, 0.5) is 17.1 Å². The van der Waals surface area contributed by atoms with E-state index in [1.165, 1.54) is 0 Å². The number of fused-ring (bicyclic) bond motifs is 1. The van der Waals surface area contributed by atoms with Crippen LogP contribution in [-0.4, -0.2) is 18.5 Å². The molecule has 2 rings (SSSR count). The fraction of sp³-hybridized carbons (Fsp3) is 0.364. The summed E-state index contributed by atoms with van der Waals surface area (Å²) < 4.78 is 0.